The van der Waals surface area contributed by atoms with Gasteiger partial charge in [-0.2, -0.15) is 0 Å². The standard InChI is InChI=1S/C12H17NO3/c1-5-8-7(3)9(6-2)13-11(16-4)10(8)12(14)15/h5-6H2,1-4H3,(H,14,15). The highest BCUT2D eigenvalue weighted by Crippen LogP contribution is 2.26. The molecule has 0 aliphatic rings. The third kappa shape index (κ3) is 2.01. The van der Waals surface area contributed by atoms with Crippen LogP contribution in [0.25, 0.3) is 0 Å². The van der Waals surface area contributed by atoms with Crippen LogP contribution >= 0.6 is 0 Å². The van der Waals surface area contributed by atoms with Crippen LogP contribution in [0.2, 0.25) is 0 Å². The molecule has 1 aromatic heterocycles. The molecule has 1 rings (SSSR count). The normalized spacial score (nSPS) is 10.2. The number of aromatic carboxylic acids is 1. The molecule has 0 radical (unpaired) electrons. The quantitative estimate of drug-likeness (QED) is 0.850. The molecule has 0 aliphatic carbocycles. The summed E-state index contributed by atoms with van der Waals surface area (Å²) in [5.74, 6) is -0.765. The highest BCUT2D eigenvalue weighted by Gasteiger charge is 2.21. The number of rotatable bonds is 4. The van der Waals surface area contributed by atoms with Gasteiger partial charge in [0.05, 0.1) is 7.11 Å². The lowest BCUT2D eigenvalue weighted by Crippen LogP contribution is -2.11. The molecule has 4 heteroatoms. The Hall–Kier alpha value is -1.58. The number of hydrogen-bond acceptors (Lipinski definition) is 3. The van der Waals surface area contributed by atoms with Crippen LogP contribution in [-0.2, 0) is 12.8 Å². The van der Waals surface area contributed by atoms with Gasteiger partial charge in [0.1, 0.15) is 5.56 Å². The molecule has 1 aromatic rings. The predicted octanol–water partition coefficient (Wildman–Crippen LogP) is 2.22. The van der Waals surface area contributed by atoms with Gasteiger partial charge in [0.15, 0.2) is 0 Å². The van der Waals surface area contributed by atoms with Crippen LogP contribution in [0.1, 0.15) is 41.0 Å². The van der Waals surface area contributed by atoms with E-state index < -0.39 is 5.97 Å². The van der Waals surface area contributed by atoms with Gasteiger partial charge in [0, 0.05) is 5.69 Å². The van der Waals surface area contributed by atoms with E-state index >= 15 is 0 Å². The maximum absolute atomic E-state index is 11.2. The highest BCUT2D eigenvalue weighted by molar-refractivity contribution is 5.92. The Labute approximate surface area is 95.3 Å². The molecule has 16 heavy (non-hydrogen) atoms. The van der Waals surface area contributed by atoms with Crippen molar-refractivity contribution >= 4 is 5.97 Å². The Bertz CT molecular complexity index is 413. The van der Waals surface area contributed by atoms with Crippen LogP contribution in [0.15, 0.2) is 0 Å². The van der Waals surface area contributed by atoms with E-state index in [4.69, 9.17) is 4.74 Å². The van der Waals surface area contributed by atoms with Crippen molar-refractivity contribution in [3.05, 3.63) is 22.4 Å². The first kappa shape index (κ1) is 12.5. The summed E-state index contributed by atoms with van der Waals surface area (Å²) >= 11 is 0. The molecular formula is C12H17NO3. The summed E-state index contributed by atoms with van der Waals surface area (Å²) in [7, 11) is 1.45. The van der Waals surface area contributed by atoms with Gasteiger partial charge in [-0.1, -0.05) is 13.8 Å². The summed E-state index contributed by atoms with van der Waals surface area (Å²) in [6, 6.07) is 0. The minimum Gasteiger partial charge on any atom is -0.480 e. The summed E-state index contributed by atoms with van der Waals surface area (Å²) < 4.78 is 5.05. The molecular weight excluding hydrogens is 206 g/mol. The molecule has 4 nitrogen and oxygen atoms in total. The summed E-state index contributed by atoms with van der Waals surface area (Å²) in [6.45, 7) is 5.85. The van der Waals surface area contributed by atoms with E-state index in [0.29, 0.717) is 6.42 Å². The van der Waals surface area contributed by atoms with Crippen LogP contribution < -0.4 is 4.74 Å². The molecule has 0 aromatic carbocycles. The van der Waals surface area contributed by atoms with E-state index in [-0.39, 0.29) is 11.4 Å². The van der Waals surface area contributed by atoms with E-state index in [9.17, 15) is 9.90 Å². The molecule has 1 N–H and O–H groups in total. The number of pyridine rings is 1. The van der Waals surface area contributed by atoms with Crippen molar-refractivity contribution in [2.45, 2.75) is 33.6 Å². The van der Waals surface area contributed by atoms with Crippen LogP contribution in [0, 0.1) is 6.92 Å². The largest absolute Gasteiger partial charge is 0.480 e. The van der Waals surface area contributed by atoms with Crippen molar-refractivity contribution < 1.29 is 14.6 Å². The van der Waals surface area contributed by atoms with Gasteiger partial charge in [-0.05, 0) is 30.9 Å². The first-order valence-electron chi connectivity index (χ1n) is 5.36. The molecule has 0 saturated carbocycles. The summed E-state index contributed by atoms with van der Waals surface area (Å²) in [5.41, 5.74) is 2.87. The first-order chi connectivity index (χ1) is 7.56. The second-order valence-corrected chi connectivity index (χ2v) is 3.56. The van der Waals surface area contributed by atoms with Crippen LogP contribution in [0.4, 0.5) is 0 Å². The Morgan fingerprint density at radius 3 is 2.38 bits per heavy atom. The first-order valence-corrected chi connectivity index (χ1v) is 5.36. The zero-order chi connectivity index (χ0) is 12.3. The molecule has 0 saturated heterocycles. The van der Waals surface area contributed by atoms with Crippen LogP contribution in [0.3, 0.4) is 0 Å². The molecule has 88 valence electrons. The Kier molecular flexibility index (Phi) is 3.88. The second-order valence-electron chi connectivity index (χ2n) is 3.56. The summed E-state index contributed by atoms with van der Waals surface area (Å²) in [6.07, 6.45) is 1.44. The lowest BCUT2D eigenvalue weighted by atomic mass is 9.98. The highest BCUT2D eigenvalue weighted by atomic mass is 16.5. The van der Waals surface area contributed by atoms with E-state index in [2.05, 4.69) is 4.98 Å². The van der Waals surface area contributed by atoms with E-state index in [1.165, 1.54) is 7.11 Å². The van der Waals surface area contributed by atoms with Gasteiger partial charge < -0.3 is 9.84 Å². The average molecular weight is 223 g/mol. The number of nitrogens with zero attached hydrogens (tertiary/aromatic N) is 1. The number of carbonyl (C=O) groups is 1. The van der Waals surface area contributed by atoms with Crippen LogP contribution in [0.5, 0.6) is 5.88 Å². The Balaban J connectivity index is 3.57. The van der Waals surface area contributed by atoms with Gasteiger partial charge in [0.2, 0.25) is 5.88 Å². The number of aryl methyl sites for hydroxylation is 1. The third-order valence-electron chi connectivity index (χ3n) is 2.73. The van der Waals surface area contributed by atoms with Gasteiger partial charge in [-0.15, -0.1) is 0 Å². The second kappa shape index (κ2) is 4.96. The number of methoxy groups -OCH3 is 1. The molecule has 0 atom stereocenters. The predicted molar refractivity (Wildman–Crippen MR) is 61.2 cm³/mol. The molecule has 0 amide bonds. The molecule has 0 fully saturated rings. The topological polar surface area (TPSA) is 59.4 Å². The van der Waals surface area contributed by atoms with E-state index in [0.717, 1.165) is 23.2 Å². The van der Waals surface area contributed by atoms with Gasteiger partial charge in [0.25, 0.3) is 0 Å². The van der Waals surface area contributed by atoms with Crippen LogP contribution in [-0.4, -0.2) is 23.2 Å². The zero-order valence-electron chi connectivity index (χ0n) is 10.1. The lowest BCUT2D eigenvalue weighted by molar-refractivity contribution is 0.0691. The number of ether oxygens (including phenoxy) is 1. The molecule has 0 unspecified atom stereocenters. The third-order valence-corrected chi connectivity index (χ3v) is 2.73. The zero-order valence-corrected chi connectivity index (χ0v) is 10.1. The average Bonchev–Trinajstić information content (AvgIpc) is 2.27. The number of aromatic nitrogens is 1. The fourth-order valence-corrected chi connectivity index (χ4v) is 1.91. The number of carboxylic acids is 1. The van der Waals surface area contributed by atoms with Crippen molar-refractivity contribution in [1.29, 1.82) is 0 Å². The fourth-order valence-electron chi connectivity index (χ4n) is 1.91. The smallest absolute Gasteiger partial charge is 0.341 e. The van der Waals surface area contributed by atoms with E-state index in [1.807, 2.05) is 20.8 Å². The lowest BCUT2D eigenvalue weighted by Gasteiger charge is -2.14. The minimum absolute atomic E-state index is 0.194. The fraction of sp³-hybridized carbons (Fsp3) is 0.500. The molecule has 1 heterocycles. The molecule has 0 spiro atoms. The molecule has 0 aliphatic heterocycles. The van der Waals surface area contributed by atoms with E-state index in [1.54, 1.807) is 0 Å². The number of carboxylic acid groups (broad SMARTS) is 1. The van der Waals surface area contributed by atoms with Gasteiger partial charge in [-0.25, -0.2) is 9.78 Å². The summed E-state index contributed by atoms with van der Waals surface area (Å²) in [5, 5.41) is 9.18. The Morgan fingerprint density at radius 2 is 2.00 bits per heavy atom. The number of hydrogen-bond donors (Lipinski definition) is 1. The SMILES string of the molecule is CCc1nc(OC)c(C(=O)O)c(CC)c1C. The monoisotopic (exact) mass is 223 g/mol. The van der Waals surface area contributed by atoms with Gasteiger partial charge >= 0.3 is 5.97 Å². The van der Waals surface area contributed by atoms with Crippen molar-refractivity contribution in [1.82, 2.24) is 4.98 Å². The molecule has 0 bridgehead atoms. The van der Waals surface area contributed by atoms with Crippen molar-refractivity contribution in [2.75, 3.05) is 7.11 Å². The van der Waals surface area contributed by atoms with Crippen molar-refractivity contribution in [3.63, 3.8) is 0 Å². The summed E-state index contributed by atoms with van der Waals surface area (Å²) in [4.78, 5) is 15.4. The minimum atomic E-state index is -0.980. The van der Waals surface area contributed by atoms with Crippen molar-refractivity contribution in [2.24, 2.45) is 0 Å². The maximum atomic E-state index is 11.2. The maximum Gasteiger partial charge on any atom is 0.341 e. The Morgan fingerprint density at radius 1 is 1.38 bits per heavy atom. The van der Waals surface area contributed by atoms with Crippen molar-refractivity contribution in [3.8, 4) is 5.88 Å². The van der Waals surface area contributed by atoms with Gasteiger partial charge in [-0.3, -0.25) is 0 Å².